The number of carbonyl (C=O) groups excluding carboxylic acids is 2. The van der Waals surface area contributed by atoms with E-state index in [9.17, 15) is 9.59 Å². The van der Waals surface area contributed by atoms with Crippen molar-refractivity contribution >= 4 is 23.6 Å². The third kappa shape index (κ3) is 4.11. The maximum atomic E-state index is 12.8. The van der Waals surface area contributed by atoms with Crippen LogP contribution in [-0.2, 0) is 4.79 Å². The number of para-hydroxylation sites is 1. The Morgan fingerprint density at radius 2 is 1.86 bits per heavy atom. The zero-order valence-corrected chi connectivity index (χ0v) is 16.4. The predicted octanol–water partition coefficient (Wildman–Crippen LogP) is 4.08. The van der Waals surface area contributed by atoms with E-state index >= 15 is 0 Å². The Kier molecular flexibility index (Phi) is 5.51. The Balaban J connectivity index is 1.57. The molecule has 0 aromatic heterocycles. The molecule has 1 N–H and O–H groups in total. The number of amides is 2. The monoisotopic (exact) mass is 392 g/mol. The number of methoxy groups -OCH3 is 1. The Bertz CT molecular complexity index is 959. The van der Waals surface area contributed by atoms with Crippen LogP contribution in [0.2, 0.25) is 0 Å². The molecule has 6 heteroatoms. The first kappa shape index (κ1) is 19.1. The normalized spacial score (nSPS) is 17.8. The molecule has 0 saturated carbocycles. The van der Waals surface area contributed by atoms with Crippen LogP contribution in [-0.4, -0.2) is 36.9 Å². The second-order valence-electron chi connectivity index (χ2n) is 7.22. The van der Waals surface area contributed by atoms with Crippen molar-refractivity contribution in [2.24, 2.45) is 0 Å². The van der Waals surface area contributed by atoms with E-state index in [0.29, 0.717) is 22.7 Å². The lowest BCUT2D eigenvalue weighted by Gasteiger charge is -2.23. The van der Waals surface area contributed by atoms with Crippen LogP contribution in [0.1, 0.15) is 41.6 Å². The van der Waals surface area contributed by atoms with Crippen molar-refractivity contribution in [1.29, 1.82) is 0 Å². The van der Waals surface area contributed by atoms with Gasteiger partial charge in [-0.3, -0.25) is 9.59 Å². The molecule has 0 bridgehead atoms. The minimum absolute atomic E-state index is 0.000639. The molecule has 2 aliphatic rings. The third-order valence-corrected chi connectivity index (χ3v) is 5.24. The highest BCUT2D eigenvalue weighted by molar-refractivity contribution is 6.09. The summed E-state index contributed by atoms with van der Waals surface area (Å²) in [4.78, 5) is 27.3. The molecule has 1 saturated heterocycles. The fourth-order valence-electron chi connectivity index (χ4n) is 3.68. The zero-order chi connectivity index (χ0) is 20.2. The first-order valence-electron chi connectivity index (χ1n) is 9.93. The standard InChI is InChI=1S/C23H24N2O4/c1-28-19-9-5-4-8-16(19)15-21-22(26)24-18-14-17(10-11-20(18)29-21)23(27)25-12-6-2-3-7-13-25/h4-5,8-11,14-15H,2-3,6-7,12-13H2,1H3,(H,24,26). The number of hydrogen-bond donors (Lipinski definition) is 1. The first-order valence-corrected chi connectivity index (χ1v) is 9.93. The summed E-state index contributed by atoms with van der Waals surface area (Å²) in [6.45, 7) is 1.56. The molecular formula is C23H24N2O4. The van der Waals surface area contributed by atoms with Crippen molar-refractivity contribution < 1.29 is 19.1 Å². The molecule has 29 heavy (non-hydrogen) atoms. The zero-order valence-electron chi connectivity index (χ0n) is 16.4. The van der Waals surface area contributed by atoms with Crippen molar-refractivity contribution in [3.63, 3.8) is 0 Å². The van der Waals surface area contributed by atoms with Gasteiger partial charge in [0.15, 0.2) is 11.5 Å². The van der Waals surface area contributed by atoms with E-state index in [1.807, 2.05) is 29.2 Å². The molecule has 6 nitrogen and oxygen atoms in total. The largest absolute Gasteiger partial charge is 0.496 e. The number of anilines is 1. The second-order valence-corrected chi connectivity index (χ2v) is 7.22. The van der Waals surface area contributed by atoms with E-state index in [1.165, 1.54) is 12.8 Å². The lowest BCUT2D eigenvalue weighted by molar-refractivity contribution is -0.115. The van der Waals surface area contributed by atoms with E-state index in [4.69, 9.17) is 9.47 Å². The Morgan fingerprint density at radius 3 is 2.62 bits per heavy atom. The molecule has 2 aromatic carbocycles. The maximum Gasteiger partial charge on any atom is 0.291 e. The second kappa shape index (κ2) is 8.39. The summed E-state index contributed by atoms with van der Waals surface area (Å²) in [7, 11) is 1.58. The van der Waals surface area contributed by atoms with Crippen molar-refractivity contribution in [1.82, 2.24) is 4.90 Å². The highest BCUT2D eigenvalue weighted by Gasteiger charge is 2.25. The lowest BCUT2D eigenvalue weighted by Crippen LogP contribution is -2.32. The highest BCUT2D eigenvalue weighted by atomic mass is 16.5. The SMILES string of the molecule is COc1ccccc1C=C1Oc2ccc(C(=O)N3CCCCCC3)cc2NC1=O. The Labute approximate surface area is 170 Å². The summed E-state index contributed by atoms with van der Waals surface area (Å²) in [5, 5.41) is 2.83. The van der Waals surface area contributed by atoms with Crippen LogP contribution in [0.4, 0.5) is 5.69 Å². The predicted molar refractivity (Wildman–Crippen MR) is 111 cm³/mol. The van der Waals surface area contributed by atoms with Crippen molar-refractivity contribution in [2.45, 2.75) is 25.7 Å². The molecule has 2 heterocycles. The number of fused-ring (bicyclic) bond motifs is 1. The van der Waals surface area contributed by atoms with Crippen LogP contribution < -0.4 is 14.8 Å². The van der Waals surface area contributed by atoms with Gasteiger partial charge in [0.05, 0.1) is 12.8 Å². The topological polar surface area (TPSA) is 67.9 Å². The van der Waals surface area contributed by atoms with Gasteiger partial charge in [0.25, 0.3) is 11.8 Å². The molecule has 1 fully saturated rings. The van der Waals surface area contributed by atoms with Gasteiger partial charge in [-0.25, -0.2) is 0 Å². The van der Waals surface area contributed by atoms with Gasteiger partial charge in [-0.2, -0.15) is 0 Å². The van der Waals surface area contributed by atoms with Crippen molar-refractivity contribution in [3.8, 4) is 11.5 Å². The first-order chi connectivity index (χ1) is 14.2. The van der Waals surface area contributed by atoms with Gasteiger partial charge >= 0.3 is 0 Å². The summed E-state index contributed by atoms with van der Waals surface area (Å²) < 4.78 is 11.1. The smallest absolute Gasteiger partial charge is 0.291 e. The number of carbonyl (C=O) groups is 2. The molecule has 2 amide bonds. The number of ether oxygens (including phenoxy) is 2. The van der Waals surface area contributed by atoms with Crippen LogP contribution in [0.15, 0.2) is 48.2 Å². The van der Waals surface area contributed by atoms with Crippen LogP contribution >= 0.6 is 0 Å². The summed E-state index contributed by atoms with van der Waals surface area (Å²) >= 11 is 0. The Morgan fingerprint density at radius 1 is 1.10 bits per heavy atom. The number of nitrogens with one attached hydrogen (secondary N) is 1. The van der Waals surface area contributed by atoms with Gasteiger partial charge in [0, 0.05) is 24.2 Å². The van der Waals surface area contributed by atoms with E-state index < -0.39 is 0 Å². The summed E-state index contributed by atoms with van der Waals surface area (Å²) in [6, 6.07) is 12.6. The van der Waals surface area contributed by atoms with Gasteiger partial charge in [-0.15, -0.1) is 0 Å². The number of likely N-dealkylation sites (tertiary alicyclic amines) is 1. The van der Waals surface area contributed by atoms with Gasteiger partial charge in [-0.1, -0.05) is 31.0 Å². The third-order valence-electron chi connectivity index (χ3n) is 5.24. The lowest BCUT2D eigenvalue weighted by atomic mass is 10.1. The van der Waals surface area contributed by atoms with E-state index in [-0.39, 0.29) is 17.6 Å². The summed E-state index contributed by atoms with van der Waals surface area (Å²) in [6.07, 6.45) is 6.05. The van der Waals surface area contributed by atoms with E-state index in [2.05, 4.69) is 5.32 Å². The number of benzene rings is 2. The van der Waals surface area contributed by atoms with E-state index in [0.717, 1.165) is 31.5 Å². The maximum absolute atomic E-state index is 12.8. The number of rotatable bonds is 3. The number of nitrogens with zero attached hydrogens (tertiary/aromatic N) is 1. The average Bonchev–Trinajstić information content (AvgIpc) is 3.03. The van der Waals surface area contributed by atoms with Crippen molar-refractivity contribution in [3.05, 3.63) is 59.4 Å². The molecular weight excluding hydrogens is 368 g/mol. The summed E-state index contributed by atoms with van der Waals surface area (Å²) in [5.74, 6) is 0.981. The molecule has 4 rings (SSSR count). The van der Waals surface area contributed by atoms with Crippen molar-refractivity contribution in [2.75, 3.05) is 25.5 Å². The molecule has 0 radical (unpaired) electrons. The molecule has 0 aliphatic carbocycles. The number of hydrogen-bond acceptors (Lipinski definition) is 4. The molecule has 0 unspecified atom stereocenters. The molecule has 0 spiro atoms. The highest BCUT2D eigenvalue weighted by Crippen LogP contribution is 2.33. The minimum Gasteiger partial charge on any atom is -0.496 e. The van der Waals surface area contributed by atoms with E-state index in [1.54, 1.807) is 31.4 Å². The van der Waals surface area contributed by atoms with Gasteiger partial charge in [-0.05, 0) is 43.2 Å². The van der Waals surface area contributed by atoms with Gasteiger partial charge in [0.1, 0.15) is 5.75 Å². The van der Waals surface area contributed by atoms with Gasteiger partial charge < -0.3 is 19.7 Å². The fourth-order valence-corrected chi connectivity index (χ4v) is 3.68. The quantitative estimate of drug-likeness (QED) is 0.799. The van der Waals surface area contributed by atoms with Crippen LogP contribution in [0.25, 0.3) is 6.08 Å². The summed E-state index contributed by atoms with van der Waals surface area (Å²) in [5.41, 5.74) is 1.82. The fraction of sp³-hybridized carbons (Fsp3) is 0.304. The molecule has 0 atom stereocenters. The Hall–Kier alpha value is -3.28. The molecule has 2 aromatic rings. The van der Waals surface area contributed by atoms with Crippen LogP contribution in [0, 0.1) is 0 Å². The van der Waals surface area contributed by atoms with Crippen LogP contribution in [0.3, 0.4) is 0 Å². The molecule has 2 aliphatic heterocycles. The average molecular weight is 392 g/mol. The van der Waals surface area contributed by atoms with Crippen LogP contribution in [0.5, 0.6) is 11.5 Å². The molecule has 150 valence electrons. The van der Waals surface area contributed by atoms with Gasteiger partial charge in [0.2, 0.25) is 0 Å². The minimum atomic E-state index is -0.359.